The molecule has 0 saturated heterocycles. The summed E-state index contributed by atoms with van der Waals surface area (Å²) in [6.45, 7) is 10.1. The molecule has 0 amide bonds. The molecule has 0 aliphatic heterocycles. The van der Waals surface area contributed by atoms with E-state index in [1.807, 2.05) is 34.7 Å². The minimum absolute atomic E-state index is 1.17. The highest BCUT2D eigenvalue weighted by Gasteiger charge is 1.83. The fourth-order valence-electron chi connectivity index (χ4n) is 0.720. The maximum absolute atomic E-state index is 3.05. The summed E-state index contributed by atoms with van der Waals surface area (Å²) >= 11 is 0. The Morgan fingerprint density at radius 1 is 0.846 bits per heavy atom. The average Bonchev–Trinajstić information content (AvgIpc) is 2.25. The normalized spacial score (nSPS) is 7.23. The monoisotopic (exact) mass is 181 g/mol. The molecule has 0 saturated carbocycles. The first kappa shape index (κ1) is 14.5. The van der Waals surface area contributed by atoms with E-state index in [1.165, 1.54) is 11.3 Å². The second-order valence-corrected chi connectivity index (χ2v) is 2.12. The van der Waals surface area contributed by atoms with Gasteiger partial charge in [-0.2, -0.15) is 0 Å². The average molecular weight is 181 g/mol. The molecule has 0 spiro atoms. The van der Waals surface area contributed by atoms with Crippen LogP contribution in [0.2, 0.25) is 0 Å². The minimum Gasteiger partial charge on any atom is -0.388 e. The molecule has 13 heavy (non-hydrogen) atoms. The molecule has 0 heterocycles. The smallest absolute Gasteiger partial charge is 0.0337 e. The van der Waals surface area contributed by atoms with Gasteiger partial charge in [0.1, 0.15) is 0 Å². The molecule has 0 bridgehead atoms. The summed E-state index contributed by atoms with van der Waals surface area (Å²) in [6.07, 6.45) is 0. The second kappa shape index (κ2) is 11.0. The summed E-state index contributed by atoms with van der Waals surface area (Å²) in [5.41, 5.74) is 2.47. The Bertz CT molecular complexity index is 177. The molecule has 76 valence electrons. The first-order chi connectivity index (χ1) is 6.33. The summed E-state index contributed by atoms with van der Waals surface area (Å²) in [5.74, 6) is 0. The predicted octanol–water partition coefficient (Wildman–Crippen LogP) is 4.09. The third-order valence-corrected chi connectivity index (χ3v) is 1.34. The van der Waals surface area contributed by atoms with E-state index in [9.17, 15) is 0 Å². The number of nitrogens with one attached hydrogen (secondary N) is 1. The van der Waals surface area contributed by atoms with Crippen molar-refractivity contribution < 1.29 is 0 Å². The van der Waals surface area contributed by atoms with Gasteiger partial charge in [-0.3, -0.25) is 0 Å². The van der Waals surface area contributed by atoms with Gasteiger partial charge in [0, 0.05) is 12.7 Å². The predicted molar refractivity (Wildman–Crippen MR) is 63.4 cm³/mol. The lowest BCUT2D eigenvalue weighted by atomic mass is 10.2. The maximum Gasteiger partial charge on any atom is 0.0337 e. The van der Waals surface area contributed by atoms with Crippen molar-refractivity contribution in [2.45, 2.75) is 34.6 Å². The zero-order valence-corrected chi connectivity index (χ0v) is 9.81. The Morgan fingerprint density at radius 2 is 1.23 bits per heavy atom. The van der Waals surface area contributed by atoms with Crippen LogP contribution in [0.4, 0.5) is 5.69 Å². The summed E-state index contributed by atoms with van der Waals surface area (Å²) in [6, 6.07) is 8.31. The van der Waals surface area contributed by atoms with Crippen molar-refractivity contribution in [1.29, 1.82) is 0 Å². The third-order valence-electron chi connectivity index (χ3n) is 1.34. The fourth-order valence-corrected chi connectivity index (χ4v) is 0.720. The van der Waals surface area contributed by atoms with Crippen molar-refractivity contribution in [2.75, 3.05) is 12.4 Å². The highest BCUT2D eigenvalue weighted by molar-refractivity contribution is 5.43. The molecule has 1 N–H and O–H groups in total. The highest BCUT2D eigenvalue weighted by atomic mass is 14.8. The van der Waals surface area contributed by atoms with Gasteiger partial charge in [0.05, 0.1) is 0 Å². The molecule has 1 aromatic rings. The van der Waals surface area contributed by atoms with Gasteiger partial charge in [-0.25, -0.2) is 0 Å². The van der Waals surface area contributed by atoms with Gasteiger partial charge in [0.25, 0.3) is 0 Å². The lowest BCUT2D eigenvalue weighted by Gasteiger charge is -1.97. The van der Waals surface area contributed by atoms with Crippen LogP contribution >= 0.6 is 0 Å². The number of aryl methyl sites for hydroxylation is 1. The van der Waals surface area contributed by atoms with Gasteiger partial charge in [-0.05, 0) is 19.1 Å². The number of hydrogen-bond donors (Lipinski definition) is 1. The van der Waals surface area contributed by atoms with Crippen molar-refractivity contribution in [3.63, 3.8) is 0 Å². The zero-order chi connectivity index (χ0) is 10.7. The summed E-state index contributed by atoms with van der Waals surface area (Å²) in [7, 11) is 1.92. The summed E-state index contributed by atoms with van der Waals surface area (Å²) in [5, 5.41) is 3.05. The largest absolute Gasteiger partial charge is 0.388 e. The molecule has 0 aliphatic carbocycles. The molecule has 0 atom stereocenters. The SMILES string of the molecule is CC.CC.CNc1ccc(C)cc1. The van der Waals surface area contributed by atoms with Crippen molar-refractivity contribution in [3.05, 3.63) is 29.8 Å². The van der Waals surface area contributed by atoms with Crippen molar-refractivity contribution >= 4 is 5.69 Å². The molecule has 0 radical (unpaired) electrons. The van der Waals surface area contributed by atoms with Crippen LogP contribution in [-0.4, -0.2) is 7.05 Å². The maximum atomic E-state index is 3.05. The first-order valence-electron chi connectivity index (χ1n) is 5.07. The van der Waals surface area contributed by atoms with Crippen LogP contribution in [0.3, 0.4) is 0 Å². The van der Waals surface area contributed by atoms with Crippen molar-refractivity contribution in [3.8, 4) is 0 Å². The van der Waals surface area contributed by atoms with Crippen LogP contribution in [-0.2, 0) is 0 Å². The third kappa shape index (κ3) is 7.38. The number of benzene rings is 1. The van der Waals surface area contributed by atoms with Crippen LogP contribution in [0, 0.1) is 6.92 Å². The molecule has 0 unspecified atom stereocenters. The molecule has 1 aromatic carbocycles. The molecular weight excluding hydrogens is 158 g/mol. The van der Waals surface area contributed by atoms with E-state index in [2.05, 4.69) is 36.5 Å². The Hall–Kier alpha value is -0.980. The topological polar surface area (TPSA) is 12.0 Å². The molecule has 0 aromatic heterocycles. The van der Waals surface area contributed by atoms with Crippen LogP contribution in [0.5, 0.6) is 0 Å². The molecular formula is C12H23N. The van der Waals surface area contributed by atoms with Gasteiger partial charge in [0.2, 0.25) is 0 Å². The Morgan fingerprint density at radius 3 is 1.54 bits per heavy atom. The van der Waals surface area contributed by atoms with Crippen LogP contribution < -0.4 is 5.32 Å². The van der Waals surface area contributed by atoms with Crippen molar-refractivity contribution in [2.24, 2.45) is 0 Å². The summed E-state index contributed by atoms with van der Waals surface area (Å²) < 4.78 is 0. The van der Waals surface area contributed by atoms with Gasteiger partial charge >= 0.3 is 0 Å². The second-order valence-electron chi connectivity index (χ2n) is 2.12. The van der Waals surface area contributed by atoms with Crippen LogP contribution in [0.1, 0.15) is 33.3 Å². The Labute approximate surface area is 83.2 Å². The van der Waals surface area contributed by atoms with Crippen molar-refractivity contribution in [1.82, 2.24) is 0 Å². The molecule has 0 fully saturated rings. The Kier molecular flexibility index (Phi) is 12.3. The number of hydrogen-bond acceptors (Lipinski definition) is 1. The molecule has 1 rings (SSSR count). The first-order valence-corrected chi connectivity index (χ1v) is 5.07. The quantitative estimate of drug-likeness (QED) is 0.688. The van der Waals surface area contributed by atoms with Gasteiger partial charge < -0.3 is 5.32 Å². The van der Waals surface area contributed by atoms with Gasteiger partial charge in [-0.1, -0.05) is 45.4 Å². The number of anilines is 1. The highest BCUT2D eigenvalue weighted by Crippen LogP contribution is 2.06. The van der Waals surface area contributed by atoms with E-state index < -0.39 is 0 Å². The van der Waals surface area contributed by atoms with Crippen LogP contribution in [0.15, 0.2) is 24.3 Å². The van der Waals surface area contributed by atoms with E-state index in [-0.39, 0.29) is 0 Å². The molecule has 1 nitrogen and oxygen atoms in total. The van der Waals surface area contributed by atoms with E-state index in [1.54, 1.807) is 0 Å². The van der Waals surface area contributed by atoms with Crippen LogP contribution in [0.25, 0.3) is 0 Å². The molecule has 0 aliphatic rings. The van der Waals surface area contributed by atoms with Gasteiger partial charge in [-0.15, -0.1) is 0 Å². The van der Waals surface area contributed by atoms with E-state index in [0.717, 1.165) is 0 Å². The Balaban J connectivity index is 0. The lowest BCUT2D eigenvalue weighted by Crippen LogP contribution is -1.85. The fraction of sp³-hybridized carbons (Fsp3) is 0.500. The zero-order valence-electron chi connectivity index (χ0n) is 9.81. The van der Waals surface area contributed by atoms with E-state index in [0.29, 0.717) is 0 Å². The van der Waals surface area contributed by atoms with E-state index >= 15 is 0 Å². The standard InChI is InChI=1S/C8H11N.2C2H6/c1-7-3-5-8(9-2)6-4-7;2*1-2/h3-6,9H,1-2H3;2*1-2H3. The minimum atomic E-state index is 1.17. The van der Waals surface area contributed by atoms with Gasteiger partial charge in [0.15, 0.2) is 0 Å². The lowest BCUT2D eigenvalue weighted by molar-refractivity contribution is 1.44. The number of rotatable bonds is 1. The summed E-state index contributed by atoms with van der Waals surface area (Å²) in [4.78, 5) is 0. The van der Waals surface area contributed by atoms with E-state index in [4.69, 9.17) is 0 Å². The molecule has 1 heteroatoms.